The third-order valence-electron chi connectivity index (χ3n) is 13.6. The van der Waals surface area contributed by atoms with E-state index in [1.54, 1.807) is 0 Å². The van der Waals surface area contributed by atoms with Crippen LogP contribution in [0.1, 0.15) is 199 Å². The summed E-state index contributed by atoms with van der Waals surface area (Å²) in [5, 5.41) is 0. The average molecular weight is 871 g/mol. The van der Waals surface area contributed by atoms with Gasteiger partial charge < -0.3 is 29.4 Å². The van der Waals surface area contributed by atoms with E-state index in [9.17, 15) is 9.59 Å². The molecule has 4 N–H and O–H groups in total. The van der Waals surface area contributed by atoms with Crippen molar-refractivity contribution >= 4 is 23.4 Å². The van der Waals surface area contributed by atoms with Crippen molar-refractivity contribution in [2.24, 2.45) is 9.98 Å². The number of carbonyl (C=O) groups excluding carboxylic acids is 2. The molecule has 64 heavy (non-hydrogen) atoms. The topological polar surface area (TPSA) is 140 Å². The number of rotatable bonds is 20. The quantitative estimate of drug-likeness (QED) is 0.0656. The Morgan fingerprint density at radius 1 is 0.344 bits per heavy atom. The van der Waals surface area contributed by atoms with Gasteiger partial charge in [-0.05, 0) is 158 Å². The summed E-state index contributed by atoms with van der Waals surface area (Å²) >= 11 is 0. The number of esters is 2. The van der Waals surface area contributed by atoms with Gasteiger partial charge in [0, 0.05) is 0 Å². The molecule has 344 valence electrons. The number of aromatic amines is 4. The van der Waals surface area contributed by atoms with Crippen molar-refractivity contribution in [2.45, 2.75) is 174 Å². The van der Waals surface area contributed by atoms with Gasteiger partial charge in [0.1, 0.15) is 11.4 Å². The first kappa shape index (κ1) is 48.1. The lowest BCUT2D eigenvalue weighted by Gasteiger charge is -2.10. The third-order valence-corrected chi connectivity index (χ3v) is 13.6. The van der Waals surface area contributed by atoms with Crippen molar-refractivity contribution in [1.29, 1.82) is 0 Å². The molecule has 2 aliphatic heterocycles. The van der Waals surface area contributed by atoms with Crippen molar-refractivity contribution in [1.82, 2.24) is 19.9 Å². The lowest BCUT2D eigenvalue weighted by atomic mass is 9.92. The van der Waals surface area contributed by atoms with Crippen LogP contribution in [0, 0.1) is 0 Å². The standard InChI is InChI=1S/C54H74N6O4/c1-15-29-31(17-3)43(45-33(19-5)35(21-7)47(57-45)49-37(23-9)39(25-11)51(59-49)53(61)63-27-13)55-41(29)42-30(16-2)32(18-4)44(56-42)46-34(20-6)36(22-8)48(58-46)50-38(24-10)40(26-12)52(60-50)54(62)64-28-14/h55,57,59-60H,15-28H2,1-14H3/b46-44-. The molecular weight excluding hydrogens is 797 g/mol. The number of aromatic nitrogens is 4. The van der Waals surface area contributed by atoms with Crippen molar-refractivity contribution in [2.75, 3.05) is 13.2 Å². The molecule has 6 heterocycles. The molecule has 0 aliphatic carbocycles. The number of nitrogens with zero attached hydrogens (tertiary/aromatic N) is 2. The molecular formula is C54H74N6O4. The molecule has 6 rings (SSSR count). The fraction of sp³-hybridized carbons (Fsp3) is 0.519. The summed E-state index contributed by atoms with van der Waals surface area (Å²) in [7, 11) is 0. The highest BCUT2D eigenvalue weighted by molar-refractivity contribution is 6.18. The Balaban J connectivity index is 1.60. The Kier molecular flexibility index (Phi) is 15.5. The number of nitrogens with one attached hydrogen (secondary N) is 4. The van der Waals surface area contributed by atoms with Crippen LogP contribution < -0.4 is 0 Å². The summed E-state index contributed by atoms with van der Waals surface area (Å²) < 4.78 is 11.0. The first-order valence-corrected chi connectivity index (χ1v) is 24.7. The minimum absolute atomic E-state index is 0.302. The molecule has 4 aromatic rings. The van der Waals surface area contributed by atoms with Gasteiger partial charge in [0.15, 0.2) is 0 Å². The fourth-order valence-corrected chi connectivity index (χ4v) is 10.8. The van der Waals surface area contributed by atoms with Gasteiger partial charge in [0.05, 0.1) is 70.2 Å². The molecule has 0 radical (unpaired) electrons. The van der Waals surface area contributed by atoms with Crippen LogP contribution >= 0.6 is 0 Å². The van der Waals surface area contributed by atoms with Gasteiger partial charge in [-0.3, -0.25) is 0 Å². The molecule has 0 unspecified atom stereocenters. The van der Waals surface area contributed by atoms with Crippen molar-refractivity contribution in [3.63, 3.8) is 0 Å². The van der Waals surface area contributed by atoms with Gasteiger partial charge in [-0.25, -0.2) is 19.6 Å². The van der Waals surface area contributed by atoms with Crippen LogP contribution in [0.25, 0.3) is 22.8 Å². The molecule has 0 aromatic carbocycles. The maximum Gasteiger partial charge on any atom is 0.355 e. The number of carbonyl (C=O) groups is 2. The molecule has 0 saturated heterocycles. The van der Waals surface area contributed by atoms with Crippen molar-refractivity contribution in [3.05, 3.63) is 101 Å². The molecule has 0 spiro atoms. The molecule has 0 saturated carbocycles. The highest BCUT2D eigenvalue weighted by Crippen LogP contribution is 2.45. The SMILES string of the molecule is CCOC(=O)c1[nH]c(C2=N/C(=C3\N=C(c4[nH]c(-c5[nH]c(-c6[nH]c(C(=O)OCC)c(CC)c6CC)c(CC)c5CC)c(CC)c4CC)C(CC)=C3CC)C(CC)=C2CC)c(CC)c1CC. The lowest BCUT2D eigenvalue weighted by Crippen LogP contribution is -2.09. The molecule has 0 bridgehead atoms. The van der Waals surface area contributed by atoms with Crippen LogP contribution in [0.5, 0.6) is 0 Å². The summed E-state index contributed by atoms with van der Waals surface area (Å²) in [4.78, 5) is 52.8. The number of H-pyrrole nitrogens is 4. The number of hydrogen-bond donors (Lipinski definition) is 4. The van der Waals surface area contributed by atoms with Crippen molar-refractivity contribution in [3.8, 4) is 22.8 Å². The maximum absolute atomic E-state index is 13.3. The summed E-state index contributed by atoms with van der Waals surface area (Å²) in [6.07, 6.45) is 9.72. The van der Waals surface area contributed by atoms with Crippen LogP contribution in [-0.4, -0.2) is 56.5 Å². The Labute approximate surface area is 382 Å². The zero-order valence-corrected chi connectivity index (χ0v) is 41.4. The molecule has 0 fully saturated rings. The highest BCUT2D eigenvalue weighted by Gasteiger charge is 2.36. The second kappa shape index (κ2) is 20.6. The second-order valence-electron chi connectivity index (χ2n) is 16.5. The molecule has 2 aliphatic rings. The predicted octanol–water partition coefficient (Wildman–Crippen LogP) is 12.9. The van der Waals surface area contributed by atoms with Crippen LogP contribution in [0.3, 0.4) is 0 Å². The van der Waals surface area contributed by atoms with Crippen LogP contribution in [0.15, 0.2) is 43.7 Å². The van der Waals surface area contributed by atoms with E-state index in [-0.39, 0.29) is 11.9 Å². The summed E-state index contributed by atoms with van der Waals surface area (Å²) in [5.41, 5.74) is 25.6. The van der Waals surface area contributed by atoms with Gasteiger partial charge >= 0.3 is 11.9 Å². The van der Waals surface area contributed by atoms with E-state index in [1.165, 1.54) is 44.5 Å². The summed E-state index contributed by atoms with van der Waals surface area (Å²) in [6.45, 7) is 30.7. The molecule has 0 atom stereocenters. The normalized spacial score (nSPS) is 15.3. The smallest absolute Gasteiger partial charge is 0.355 e. The number of allylic oxidation sites excluding steroid dienone is 4. The van der Waals surface area contributed by atoms with Gasteiger partial charge in [-0.15, -0.1) is 0 Å². The maximum atomic E-state index is 13.3. The summed E-state index contributed by atoms with van der Waals surface area (Å²) in [5.74, 6) is -0.617. The minimum Gasteiger partial charge on any atom is -0.461 e. The van der Waals surface area contributed by atoms with Gasteiger partial charge in [-0.1, -0.05) is 83.1 Å². The Hall–Kier alpha value is -5.38. The minimum atomic E-state index is -0.316. The van der Waals surface area contributed by atoms with Crippen LogP contribution in [-0.2, 0) is 60.8 Å². The third kappa shape index (κ3) is 7.93. The van der Waals surface area contributed by atoms with E-state index in [4.69, 9.17) is 19.5 Å². The average Bonchev–Trinajstić information content (AvgIpc) is 4.16. The van der Waals surface area contributed by atoms with Gasteiger partial charge in [0.25, 0.3) is 0 Å². The Bertz CT molecular complexity index is 2590. The number of aliphatic imine (C=N–C) groups is 2. The number of ether oxygens (including phenoxy) is 2. The zero-order valence-electron chi connectivity index (χ0n) is 41.4. The lowest BCUT2D eigenvalue weighted by molar-refractivity contribution is 0.0509. The van der Waals surface area contributed by atoms with E-state index >= 15 is 0 Å². The molecule has 10 nitrogen and oxygen atoms in total. The van der Waals surface area contributed by atoms with Gasteiger partial charge in [0.2, 0.25) is 0 Å². The highest BCUT2D eigenvalue weighted by atomic mass is 16.5. The predicted molar refractivity (Wildman–Crippen MR) is 263 cm³/mol. The first-order valence-electron chi connectivity index (χ1n) is 24.7. The number of hydrogen-bond acceptors (Lipinski definition) is 6. The van der Waals surface area contributed by atoms with E-state index in [0.29, 0.717) is 24.6 Å². The Morgan fingerprint density at radius 3 is 0.938 bits per heavy atom. The van der Waals surface area contributed by atoms with Crippen molar-refractivity contribution < 1.29 is 19.1 Å². The zero-order chi connectivity index (χ0) is 46.6. The van der Waals surface area contributed by atoms with Crippen LogP contribution in [0.2, 0.25) is 0 Å². The second-order valence-corrected chi connectivity index (χ2v) is 16.5. The fourth-order valence-electron chi connectivity index (χ4n) is 10.8. The van der Waals surface area contributed by atoms with E-state index in [0.717, 1.165) is 156 Å². The Morgan fingerprint density at radius 2 is 0.609 bits per heavy atom. The largest absolute Gasteiger partial charge is 0.461 e. The van der Waals surface area contributed by atoms with E-state index in [2.05, 4.69) is 103 Å². The van der Waals surface area contributed by atoms with E-state index < -0.39 is 0 Å². The molecule has 10 heteroatoms. The molecule has 4 aromatic heterocycles. The van der Waals surface area contributed by atoms with E-state index in [1.807, 2.05) is 13.8 Å². The summed E-state index contributed by atoms with van der Waals surface area (Å²) in [6, 6.07) is 0. The van der Waals surface area contributed by atoms with Crippen LogP contribution in [0.4, 0.5) is 0 Å². The first-order chi connectivity index (χ1) is 31.0. The van der Waals surface area contributed by atoms with Gasteiger partial charge in [-0.2, -0.15) is 0 Å². The molecule has 0 amide bonds. The monoisotopic (exact) mass is 871 g/mol.